The molecule has 2 aromatic rings. The number of aliphatic hydroxyl groups excluding tert-OH is 1. The number of fused-ring (bicyclic) bond motifs is 1. The lowest BCUT2D eigenvalue weighted by atomic mass is 9.82. The first-order chi connectivity index (χ1) is 9.74. The molecule has 0 amide bonds. The Morgan fingerprint density at radius 3 is 3.10 bits per heavy atom. The summed E-state index contributed by atoms with van der Waals surface area (Å²) < 4.78 is 0. The average molecular weight is 291 g/mol. The summed E-state index contributed by atoms with van der Waals surface area (Å²) in [6.45, 7) is 0.209. The zero-order chi connectivity index (χ0) is 14.0. The monoisotopic (exact) mass is 291 g/mol. The Morgan fingerprint density at radius 2 is 2.35 bits per heavy atom. The molecule has 0 saturated heterocycles. The molecule has 1 aromatic heterocycles. The van der Waals surface area contributed by atoms with Gasteiger partial charge in [-0.25, -0.2) is 4.98 Å². The van der Waals surface area contributed by atoms with Crippen LogP contribution in [-0.4, -0.2) is 39.5 Å². The number of hydrogen-bond donors (Lipinski definition) is 3. The van der Waals surface area contributed by atoms with E-state index < -0.39 is 0 Å². The van der Waals surface area contributed by atoms with Gasteiger partial charge in [0.1, 0.15) is 0 Å². The van der Waals surface area contributed by atoms with Gasteiger partial charge >= 0.3 is 0 Å². The molecule has 1 aromatic carbocycles. The Balaban J connectivity index is 1.73. The van der Waals surface area contributed by atoms with E-state index in [0.29, 0.717) is 5.25 Å². The van der Waals surface area contributed by atoms with Crippen LogP contribution in [0.1, 0.15) is 25.7 Å². The number of benzene rings is 1. The van der Waals surface area contributed by atoms with Crippen molar-refractivity contribution in [3.05, 3.63) is 24.3 Å². The molecule has 1 aliphatic rings. The number of rotatable bonds is 4. The van der Waals surface area contributed by atoms with E-state index in [1.165, 1.54) is 6.42 Å². The molecular weight excluding hydrogens is 270 g/mol. The van der Waals surface area contributed by atoms with Crippen LogP contribution in [0, 0.1) is 0 Å². The minimum Gasteiger partial charge on any atom is -0.394 e. The zero-order valence-electron chi connectivity index (χ0n) is 11.7. The van der Waals surface area contributed by atoms with Crippen LogP contribution < -0.4 is 5.32 Å². The van der Waals surface area contributed by atoms with E-state index in [0.717, 1.165) is 35.5 Å². The fraction of sp³-hybridized carbons (Fsp3) is 0.533. The van der Waals surface area contributed by atoms with E-state index in [9.17, 15) is 5.11 Å². The minimum atomic E-state index is -0.109. The van der Waals surface area contributed by atoms with Crippen LogP contribution in [0.3, 0.4) is 0 Å². The standard InChI is InChI=1S/C15H21N3OS/c1-16-15(10-19)8-4-5-11(9-15)20-14-17-12-6-2-3-7-13(12)18-14/h2-3,6-7,11,16,19H,4-5,8-10H2,1H3,(H,17,18). The Kier molecular flexibility index (Phi) is 4.01. The third-order valence-electron chi connectivity index (χ3n) is 4.28. The van der Waals surface area contributed by atoms with Crippen molar-refractivity contribution in [2.24, 2.45) is 0 Å². The van der Waals surface area contributed by atoms with Gasteiger partial charge in [-0.1, -0.05) is 30.3 Å². The van der Waals surface area contributed by atoms with Gasteiger partial charge in [-0.05, 0) is 38.4 Å². The summed E-state index contributed by atoms with van der Waals surface area (Å²) in [5, 5.41) is 14.5. The molecule has 1 fully saturated rings. The van der Waals surface area contributed by atoms with Gasteiger partial charge in [0.05, 0.1) is 17.6 Å². The van der Waals surface area contributed by atoms with E-state index in [2.05, 4.69) is 21.4 Å². The molecule has 0 bridgehead atoms. The van der Waals surface area contributed by atoms with E-state index >= 15 is 0 Å². The quantitative estimate of drug-likeness (QED) is 0.810. The molecular formula is C15H21N3OS. The van der Waals surface area contributed by atoms with Crippen LogP contribution in [0.4, 0.5) is 0 Å². The molecule has 108 valence electrons. The summed E-state index contributed by atoms with van der Waals surface area (Å²) in [6, 6.07) is 8.12. The van der Waals surface area contributed by atoms with Crippen molar-refractivity contribution in [2.75, 3.05) is 13.7 Å². The van der Waals surface area contributed by atoms with Crippen molar-refractivity contribution >= 4 is 22.8 Å². The van der Waals surface area contributed by atoms with E-state index in [1.807, 2.05) is 25.2 Å². The predicted molar refractivity (Wildman–Crippen MR) is 83.1 cm³/mol. The summed E-state index contributed by atoms with van der Waals surface area (Å²) in [6.07, 6.45) is 4.38. The molecule has 0 spiro atoms. The van der Waals surface area contributed by atoms with Gasteiger partial charge < -0.3 is 15.4 Å². The number of H-pyrrole nitrogens is 1. The maximum absolute atomic E-state index is 9.64. The van der Waals surface area contributed by atoms with Crippen LogP contribution in [0.5, 0.6) is 0 Å². The van der Waals surface area contributed by atoms with Crippen LogP contribution >= 0.6 is 11.8 Å². The number of para-hydroxylation sites is 2. The molecule has 0 radical (unpaired) electrons. The summed E-state index contributed by atoms with van der Waals surface area (Å²) in [4.78, 5) is 8.01. The minimum absolute atomic E-state index is 0.109. The first-order valence-electron chi connectivity index (χ1n) is 7.16. The molecule has 2 atom stereocenters. The first-order valence-corrected chi connectivity index (χ1v) is 8.04. The number of aliphatic hydroxyl groups is 1. The van der Waals surface area contributed by atoms with Crippen molar-refractivity contribution in [3.63, 3.8) is 0 Å². The number of imidazole rings is 1. The maximum Gasteiger partial charge on any atom is 0.166 e. The largest absolute Gasteiger partial charge is 0.394 e. The predicted octanol–water partition coefficient (Wildman–Crippen LogP) is 2.55. The van der Waals surface area contributed by atoms with Gasteiger partial charge in [-0.15, -0.1) is 0 Å². The lowest BCUT2D eigenvalue weighted by molar-refractivity contribution is 0.131. The summed E-state index contributed by atoms with van der Waals surface area (Å²) in [5.74, 6) is 0. The second-order valence-electron chi connectivity index (χ2n) is 5.58. The average Bonchev–Trinajstić information content (AvgIpc) is 2.89. The Labute approximate surface area is 123 Å². The molecule has 5 heteroatoms. The number of aromatic nitrogens is 2. The highest BCUT2D eigenvalue weighted by Gasteiger charge is 2.35. The fourth-order valence-corrected chi connectivity index (χ4v) is 4.32. The Morgan fingerprint density at radius 1 is 1.50 bits per heavy atom. The SMILES string of the molecule is CNC1(CO)CCCC(Sc2nc3ccccc3[nH]2)C1. The second kappa shape index (κ2) is 5.76. The molecule has 0 aliphatic heterocycles. The molecule has 4 nitrogen and oxygen atoms in total. The third-order valence-corrected chi connectivity index (χ3v) is 5.43. The Hall–Kier alpha value is -1.04. The van der Waals surface area contributed by atoms with Crippen LogP contribution in [-0.2, 0) is 0 Å². The maximum atomic E-state index is 9.64. The number of hydrogen-bond acceptors (Lipinski definition) is 4. The summed E-state index contributed by atoms with van der Waals surface area (Å²) >= 11 is 1.81. The fourth-order valence-electron chi connectivity index (χ4n) is 3.00. The number of nitrogens with zero attached hydrogens (tertiary/aromatic N) is 1. The van der Waals surface area contributed by atoms with Crippen molar-refractivity contribution < 1.29 is 5.11 Å². The van der Waals surface area contributed by atoms with Gasteiger partial charge in [0.15, 0.2) is 5.16 Å². The lowest BCUT2D eigenvalue weighted by Gasteiger charge is -2.39. The number of nitrogens with one attached hydrogen (secondary N) is 2. The second-order valence-corrected chi connectivity index (χ2v) is 6.87. The highest BCUT2D eigenvalue weighted by atomic mass is 32.2. The van der Waals surface area contributed by atoms with E-state index in [1.54, 1.807) is 11.8 Å². The number of thioether (sulfide) groups is 1. The van der Waals surface area contributed by atoms with Gasteiger partial charge in [-0.2, -0.15) is 0 Å². The highest BCUT2D eigenvalue weighted by Crippen LogP contribution is 2.37. The van der Waals surface area contributed by atoms with E-state index in [-0.39, 0.29) is 12.1 Å². The Bertz CT molecular complexity index is 546. The molecule has 20 heavy (non-hydrogen) atoms. The molecule has 1 saturated carbocycles. The van der Waals surface area contributed by atoms with Crippen molar-refractivity contribution in [1.29, 1.82) is 0 Å². The van der Waals surface area contributed by atoms with Gasteiger partial charge in [0, 0.05) is 10.8 Å². The van der Waals surface area contributed by atoms with Crippen molar-refractivity contribution in [2.45, 2.75) is 41.6 Å². The molecule has 3 rings (SSSR count). The molecule has 2 unspecified atom stereocenters. The number of aromatic amines is 1. The zero-order valence-corrected chi connectivity index (χ0v) is 12.5. The molecule has 1 aliphatic carbocycles. The molecule has 3 N–H and O–H groups in total. The van der Waals surface area contributed by atoms with Gasteiger partial charge in [-0.3, -0.25) is 0 Å². The van der Waals surface area contributed by atoms with E-state index in [4.69, 9.17) is 0 Å². The smallest absolute Gasteiger partial charge is 0.166 e. The highest BCUT2D eigenvalue weighted by molar-refractivity contribution is 7.99. The van der Waals surface area contributed by atoms with Crippen LogP contribution in [0.15, 0.2) is 29.4 Å². The van der Waals surface area contributed by atoms with Crippen LogP contribution in [0.2, 0.25) is 0 Å². The lowest BCUT2D eigenvalue weighted by Crippen LogP contribution is -2.50. The summed E-state index contributed by atoms with van der Waals surface area (Å²) in [7, 11) is 1.95. The van der Waals surface area contributed by atoms with Crippen LogP contribution in [0.25, 0.3) is 11.0 Å². The molecule has 1 heterocycles. The van der Waals surface area contributed by atoms with Gasteiger partial charge in [0.2, 0.25) is 0 Å². The topological polar surface area (TPSA) is 60.9 Å². The summed E-state index contributed by atoms with van der Waals surface area (Å²) in [5.41, 5.74) is 2.00. The normalized spacial score (nSPS) is 27.0. The van der Waals surface area contributed by atoms with Gasteiger partial charge in [0.25, 0.3) is 0 Å². The third kappa shape index (κ3) is 2.71. The number of likely N-dealkylation sites (N-methyl/N-ethyl adjacent to an activating group) is 1. The first kappa shape index (κ1) is 13.9. The van der Waals surface area contributed by atoms with Crippen molar-refractivity contribution in [1.82, 2.24) is 15.3 Å². The van der Waals surface area contributed by atoms with Crippen molar-refractivity contribution in [3.8, 4) is 0 Å².